The van der Waals surface area contributed by atoms with E-state index in [2.05, 4.69) is 0 Å². The number of hydrogen-bond acceptors (Lipinski definition) is 3. The lowest BCUT2D eigenvalue weighted by molar-refractivity contribution is 0.199. The molecular weight excluding hydrogens is 184 g/mol. The van der Waals surface area contributed by atoms with E-state index in [0.29, 0.717) is 5.75 Å². The molecule has 0 aliphatic rings. The maximum absolute atomic E-state index is 9.31. The van der Waals surface area contributed by atoms with Crippen LogP contribution < -0.4 is 0 Å². The van der Waals surface area contributed by atoms with Crippen LogP contribution >= 0.6 is 11.8 Å². The van der Waals surface area contributed by atoms with Gasteiger partial charge in [-0.2, -0.15) is 0 Å². The fraction of sp³-hybridized carbons (Fsp3) is 0.400. The monoisotopic (exact) mass is 198 g/mol. The summed E-state index contributed by atoms with van der Waals surface area (Å²) in [5.74, 6) is 0.698. The molecule has 0 amide bonds. The Balaban J connectivity index is 2.68. The normalized spacial score (nSPS) is 12.8. The molecule has 0 aliphatic carbocycles. The summed E-state index contributed by atoms with van der Waals surface area (Å²) in [6.45, 7) is 1.93. The standard InChI is InChI=1S/C10H14O2S/c1-8(12)9-3-2-4-10(7-9)13-6-5-11/h2-4,7-8,11-12H,5-6H2,1H3. The quantitative estimate of drug-likeness (QED) is 0.725. The smallest absolute Gasteiger partial charge is 0.0762 e. The summed E-state index contributed by atoms with van der Waals surface area (Å²) < 4.78 is 0. The van der Waals surface area contributed by atoms with Crippen molar-refractivity contribution in [3.8, 4) is 0 Å². The first-order chi connectivity index (χ1) is 6.24. The van der Waals surface area contributed by atoms with Gasteiger partial charge in [-0.1, -0.05) is 12.1 Å². The number of thioether (sulfide) groups is 1. The van der Waals surface area contributed by atoms with Gasteiger partial charge in [-0.3, -0.25) is 0 Å². The lowest BCUT2D eigenvalue weighted by Crippen LogP contribution is -1.91. The molecule has 1 rings (SSSR count). The van der Waals surface area contributed by atoms with Crippen LogP contribution in [0.1, 0.15) is 18.6 Å². The zero-order valence-corrected chi connectivity index (χ0v) is 8.42. The van der Waals surface area contributed by atoms with Crippen LogP contribution in [0.15, 0.2) is 29.2 Å². The van der Waals surface area contributed by atoms with Crippen molar-refractivity contribution in [1.82, 2.24) is 0 Å². The van der Waals surface area contributed by atoms with E-state index in [1.54, 1.807) is 18.7 Å². The van der Waals surface area contributed by atoms with E-state index in [0.717, 1.165) is 10.5 Å². The second-order valence-corrected chi connectivity index (χ2v) is 3.99. The highest BCUT2D eigenvalue weighted by Gasteiger charge is 2.01. The minimum absolute atomic E-state index is 0.184. The lowest BCUT2D eigenvalue weighted by atomic mass is 10.1. The van der Waals surface area contributed by atoms with Gasteiger partial charge in [-0.05, 0) is 24.6 Å². The van der Waals surface area contributed by atoms with E-state index in [1.165, 1.54) is 0 Å². The van der Waals surface area contributed by atoms with Crippen LogP contribution in [0.2, 0.25) is 0 Å². The molecule has 72 valence electrons. The molecule has 0 saturated carbocycles. The van der Waals surface area contributed by atoms with Crippen LogP contribution in [0.5, 0.6) is 0 Å². The largest absolute Gasteiger partial charge is 0.396 e. The fourth-order valence-corrected chi connectivity index (χ4v) is 1.75. The number of aliphatic hydroxyl groups is 2. The van der Waals surface area contributed by atoms with Crippen LogP contribution in [0.3, 0.4) is 0 Å². The number of hydrogen-bond donors (Lipinski definition) is 2. The minimum Gasteiger partial charge on any atom is -0.396 e. The molecule has 0 radical (unpaired) electrons. The molecule has 0 saturated heterocycles. The zero-order valence-electron chi connectivity index (χ0n) is 7.60. The Kier molecular flexibility index (Phi) is 4.28. The molecular formula is C10H14O2S. The van der Waals surface area contributed by atoms with E-state index < -0.39 is 6.10 Å². The van der Waals surface area contributed by atoms with Crippen LogP contribution in [-0.2, 0) is 0 Å². The van der Waals surface area contributed by atoms with Gasteiger partial charge in [0, 0.05) is 10.6 Å². The van der Waals surface area contributed by atoms with Crippen LogP contribution in [0.4, 0.5) is 0 Å². The van der Waals surface area contributed by atoms with Gasteiger partial charge in [0.25, 0.3) is 0 Å². The first-order valence-electron chi connectivity index (χ1n) is 4.25. The van der Waals surface area contributed by atoms with Crippen molar-refractivity contribution in [2.24, 2.45) is 0 Å². The highest BCUT2D eigenvalue weighted by atomic mass is 32.2. The molecule has 0 aromatic heterocycles. The number of aliphatic hydroxyl groups excluding tert-OH is 2. The van der Waals surface area contributed by atoms with E-state index in [-0.39, 0.29) is 6.61 Å². The maximum atomic E-state index is 9.31. The first-order valence-corrected chi connectivity index (χ1v) is 5.24. The Labute approximate surface area is 82.6 Å². The minimum atomic E-state index is -0.422. The van der Waals surface area contributed by atoms with Crippen molar-refractivity contribution in [1.29, 1.82) is 0 Å². The predicted octanol–water partition coefficient (Wildman–Crippen LogP) is 1.82. The number of rotatable bonds is 4. The van der Waals surface area contributed by atoms with Gasteiger partial charge >= 0.3 is 0 Å². The summed E-state index contributed by atoms with van der Waals surface area (Å²) in [7, 11) is 0. The topological polar surface area (TPSA) is 40.5 Å². The molecule has 0 aliphatic heterocycles. The first kappa shape index (κ1) is 10.6. The zero-order chi connectivity index (χ0) is 9.68. The molecule has 1 aromatic carbocycles. The van der Waals surface area contributed by atoms with E-state index in [4.69, 9.17) is 5.11 Å². The van der Waals surface area contributed by atoms with Crippen LogP contribution in [0, 0.1) is 0 Å². The number of benzene rings is 1. The third kappa shape index (κ3) is 3.38. The Hall–Kier alpha value is -0.510. The van der Waals surface area contributed by atoms with E-state index >= 15 is 0 Å². The van der Waals surface area contributed by atoms with Gasteiger partial charge in [0.2, 0.25) is 0 Å². The Morgan fingerprint density at radius 3 is 2.85 bits per heavy atom. The van der Waals surface area contributed by atoms with Gasteiger partial charge in [-0.15, -0.1) is 11.8 Å². The van der Waals surface area contributed by atoms with Gasteiger partial charge < -0.3 is 10.2 Å². The molecule has 13 heavy (non-hydrogen) atoms. The molecule has 0 spiro atoms. The molecule has 0 heterocycles. The van der Waals surface area contributed by atoms with Gasteiger partial charge in [-0.25, -0.2) is 0 Å². The molecule has 2 N–H and O–H groups in total. The van der Waals surface area contributed by atoms with Crippen molar-refractivity contribution in [3.05, 3.63) is 29.8 Å². The molecule has 1 atom stereocenters. The highest BCUT2D eigenvalue weighted by Crippen LogP contribution is 2.21. The van der Waals surface area contributed by atoms with Crippen molar-refractivity contribution in [3.63, 3.8) is 0 Å². The molecule has 1 unspecified atom stereocenters. The molecule has 3 heteroatoms. The highest BCUT2D eigenvalue weighted by molar-refractivity contribution is 7.99. The SMILES string of the molecule is CC(O)c1cccc(SCCO)c1. The second kappa shape index (κ2) is 5.27. The maximum Gasteiger partial charge on any atom is 0.0762 e. The second-order valence-electron chi connectivity index (χ2n) is 2.82. The van der Waals surface area contributed by atoms with Crippen LogP contribution in [-0.4, -0.2) is 22.6 Å². The fourth-order valence-electron chi connectivity index (χ4n) is 1.03. The average Bonchev–Trinajstić information content (AvgIpc) is 2.15. The molecule has 0 bridgehead atoms. The Bertz CT molecular complexity index is 261. The summed E-state index contributed by atoms with van der Waals surface area (Å²) in [4.78, 5) is 1.09. The summed E-state index contributed by atoms with van der Waals surface area (Å²) in [6, 6.07) is 7.74. The summed E-state index contributed by atoms with van der Waals surface area (Å²) in [5, 5.41) is 18.0. The Morgan fingerprint density at radius 1 is 1.46 bits per heavy atom. The summed E-state index contributed by atoms with van der Waals surface area (Å²) in [6.07, 6.45) is -0.422. The van der Waals surface area contributed by atoms with Crippen molar-refractivity contribution in [2.75, 3.05) is 12.4 Å². The summed E-state index contributed by atoms with van der Waals surface area (Å²) >= 11 is 1.59. The molecule has 0 fully saturated rings. The van der Waals surface area contributed by atoms with Crippen molar-refractivity contribution >= 4 is 11.8 Å². The van der Waals surface area contributed by atoms with Gasteiger partial charge in [0.05, 0.1) is 12.7 Å². The van der Waals surface area contributed by atoms with E-state index in [9.17, 15) is 5.11 Å². The average molecular weight is 198 g/mol. The van der Waals surface area contributed by atoms with Crippen LogP contribution in [0.25, 0.3) is 0 Å². The van der Waals surface area contributed by atoms with Crippen molar-refractivity contribution in [2.45, 2.75) is 17.9 Å². The predicted molar refractivity (Wildman–Crippen MR) is 54.9 cm³/mol. The van der Waals surface area contributed by atoms with Gasteiger partial charge in [0.1, 0.15) is 0 Å². The third-order valence-electron chi connectivity index (χ3n) is 1.70. The van der Waals surface area contributed by atoms with Gasteiger partial charge in [0.15, 0.2) is 0 Å². The van der Waals surface area contributed by atoms with Crippen molar-refractivity contribution < 1.29 is 10.2 Å². The molecule has 1 aromatic rings. The Morgan fingerprint density at radius 2 is 2.23 bits per heavy atom. The lowest BCUT2D eigenvalue weighted by Gasteiger charge is -2.06. The summed E-state index contributed by atoms with van der Waals surface area (Å²) in [5.41, 5.74) is 0.919. The van der Waals surface area contributed by atoms with E-state index in [1.807, 2.05) is 24.3 Å². The molecule has 2 nitrogen and oxygen atoms in total. The third-order valence-corrected chi connectivity index (χ3v) is 2.67.